The lowest BCUT2D eigenvalue weighted by molar-refractivity contribution is 0.101. The fraction of sp³-hybridized carbons (Fsp3) is 0.0625. The number of para-hydroxylation sites is 1. The van der Waals surface area contributed by atoms with E-state index >= 15 is 0 Å². The van der Waals surface area contributed by atoms with Crippen LogP contribution in [0.1, 0.15) is 17.3 Å². The van der Waals surface area contributed by atoms with E-state index in [9.17, 15) is 9.59 Å². The molecule has 0 atom stereocenters. The number of nitrogens with zero attached hydrogens (tertiary/aromatic N) is 3. The number of benzene rings is 2. The third-order valence-corrected chi connectivity index (χ3v) is 3.29. The summed E-state index contributed by atoms with van der Waals surface area (Å²) in [6, 6.07) is 13.4. The molecule has 0 saturated carbocycles. The average molecular weight is 322 g/mol. The predicted octanol–water partition coefficient (Wildman–Crippen LogP) is 2.71. The van der Waals surface area contributed by atoms with Crippen molar-refractivity contribution in [1.82, 2.24) is 20.6 Å². The molecule has 120 valence electrons. The Bertz CT molecular complexity index is 876. The van der Waals surface area contributed by atoms with Gasteiger partial charge < -0.3 is 10.6 Å². The SMILES string of the molecule is CC(=O)c1cccc(NC(=O)Nc2ccccc2-c2nn[nH]n2)c1. The zero-order valence-corrected chi connectivity index (χ0v) is 12.8. The first-order valence-corrected chi connectivity index (χ1v) is 7.15. The van der Waals surface area contributed by atoms with E-state index in [1.807, 2.05) is 6.07 Å². The van der Waals surface area contributed by atoms with Crippen molar-refractivity contribution < 1.29 is 9.59 Å². The van der Waals surface area contributed by atoms with E-state index in [2.05, 4.69) is 31.3 Å². The number of carbonyl (C=O) groups is 2. The van der Waals surface area contributed by atoms with E-state index in [0.717, 1.165) is 0 Å². The van der Waals surface area contributed by atoms with Crippen molar-refractivity contribution in [3.63, 3.8) is 0 Å². The first kappa shape index (κ1) is 15.3. The van der Waals surface area contributed by atoms with Crippen molar-refractivity contribution in [3.8, 4) is 11.4 Å². The molecule has 0 fully saturated rings. The number of rotatable bonds is 4. The summed E-state index contributed by atoms with van der Waals surface area (Å²) >= 11 is 0. The Hall–Kier alpha value is -3.55. The summed E-state index contributed by atoms with van der Waals surface area (Å²) in [5, 5.41) is 19.1. The lowest BCUT2D eigenvalue weighted by Gasteiger charge is -2.10. The number of anilines is 2. The van der Waals surface area contributed by atoms with E-state index in [1.54, 1.807) is 42.5 Å². The maximum Gasteiger partial charge on any atom is 0.323 e. The van der Waals surface area contributed by atoms with Gasteiger partial charge in [-0.25, -0.2) is 4.79 Å². The standard InChI is InChI=1S/C16H14N6O2/c1-10(23)11-5-4-6-12(9-11)17-16(24)18-14-8-3-2-7-13(14)15-19-21-22-20-15/h2-9H,1H3,(H2,17,18,24)(H,19,20,21,22). The van der Waals surface area contributed by atoms with Crippen molar-refractivity contribution >= 4 is 23.2 Å². The highest BCUT2D eigenvalue weighted by Gasteiger charge is 2.11. The molecule has 0 aliphatic heterocycles. The van der Waals surface area contributed by atoms with Gasteiger partial charge >= 0.3 is 6.03 Å². The Kier molecular flexibility index (Phi) is 4.28. The minimum Gasteiger partial charge on any atom is -0.308 e. The lowest BCUT2D eigenvalue weighted by Crippen LogP contribution is -2.20. The molecule has 3 aromatic rings. The first-order chi connectivity index (χ1) is 11.6. The number of urea groups is 1. The van der Waals surface area contributed by atoms with Crippen LogP contribution in [0.25, 0.3) is 11.4 Å². The number of hydrogen-bond donors (Lipinski definition) is 3. The highest BCUT2D eigenvalue weighted by molar-refractivity contribution is 6.03. The van der Waals surface area contributed by atoms with E-state index < -0.39 is 6.03 Å². The van der Waals surface area contributed by atoms with Gasteiger partial charge in [0.2, 0.25) is 5.82 Å². The highest BCUT2D eigenvalue weighted by Crippen LogP contribution is 2.24. The van der Waals surface area contributed by atoms with Crippen molar-refractivity contribution in [2.24, 2.45) is 0 Å². The summed E-state index contributed by atoms with van der Waals surface area (Å²) in [6.07, 6.45) is 0. The number of aromatic amines is 1. The number of carbonyl (C=O) groups excluding carboxylic acids is 2. The number of aromatic nitrogens is 4. The van der Waals surface area contributed by atoms with Gasteiger partial charge in [-0.05, 0) is 36.4 Å². The first-order valence-electron chi connectivity index (χ1n) is 7.15. The van der Waals surface area contributed by atoms with Crippen molar-refractivity contribution in [1.29, 1.82) is 0 Å². The molecule has 0 saturated heterocycles. The number of nitrogens with one attached hydrogen (secondary N) is 3. The topological polar surface area (TPSA) is 113 Å². The van der Waals surface area contributed by atoms with Gasteiger partial charge in [0, 0.05) is 16.8 Å². The Morgan fingerprint density at radius 3 is 2.62 bits per heavy atom. The van der Waals surface area contributed by atoms with Gasteiger partial charge in [0.05, 0.1) is 5.69 Å². The van der Waals surface area contributed by atoms with Gasteiger partial charge in [0.25, 0.3) is 0 Å². The molecule has 24 heavy (non-hydrogen) atoms. The number of tetrazole rings is 1. The van der Waals surface area contributed by atoms with Crippen molar-refractivity contribution in [2.75, 3.05) is 10.6 Å². The molecular formula is C16H14N6O2. The van der Waals surface area contributed by atoms with Crippen LogP contribution in [0, 0.1) is 0 Å². The molecule has 0 aliphatic rings. The molecule has 1 heterocycles. The molecule has 0 spiro atoms. The Morgan fingerprint density at radius 2 is 1.88 bits per heavy atom. The van der Waals surface area contributed by atoms with E-state index in [1.165, 1.54) is 6.92 Å². The van der Waals surface area contributed by atoms with Gasteiger partial charge in [0.15, 0.2) is 5.78 Å². The average Bonchev–Trinajstić information content (AvgIpc) is 3.10. The quantitative estimate of drug-likeness (QED) is 0.639. The third kappa shape index (κ3) is 3.43. The van der Waals surface area contributed by atoms with E-state index in [-0.39, 0.29) is 5.78 Å². The largest absolute Gasteiger partial charge is 0.323 e. The molecule has 0 bridgehead atoms. The zero-order valence-electron chi connectivity index (χ0n) is 12.8. The van der Waals surface area contributed by atoms with E-state index in [4.69, 9.17) is 0 Å². The summed E-state index contributed by atoms with van der Waals surface area (Å²) in [5.41, 5.74) is 2.23. The molecule has 0 radical (unpaired) electrons. The summed E-state index contributed by atoms with van der Waals surface area (Å²) in [6.45, 7) is 1.47. The molecule has 1 aromatic heterocycles. The van der Waals surface area contributed by atoms with Gasteiger partial charge in [-0.1, -0.05) is 24.3 Å². The van der Waals surface area contributed by atoms with Crippen LogP contribution in [0.5, 0.6) is 0 Å². The Morgan fingerprint density at radius 1 is 1.04 bits per heavy atom. The van der Waals surface area contributed by atoms with Crippen LogP contribution in [-0.2, 0) is 0 Å². The molecule has 8 nitrogen and oxygen atoms in total. The maximum atomic E-state index is 12.2. The Balaban J connectivity index is 1.77. The monoisotopic (exact) mass is 322 g/mol. The maximum absolute atomic E-state index is 12.2. The zero-order chi connectivity index (χ0) is 16.9. The highest BCUT2D eigenvalue weighted by atomic mass is 16.2. The molecule has 2 amide bonds. The lowest BCUT2D eigenvalue weighted by atomic mass is 10.1. The Labute approximate surface area is 137 Å². The summed E-state index contributed by atoms with van der Waals surface area (Å²) < 4.78 is 0. The van der Waals surface area contributed by atoms with Gasteiger partial charge in [-0.2, -0.15) is 5.21 Å². The smallest absolute Gasteiger partial charge is 0.308 e. The number of hydrogen-bond acceptors (Lipinski definition) is 5. The molecule has 3 N–H and O–H groups in total. The van der Waals surface area contributed by atoms with Gasteiger partial charge in [-0.3, -0.25) is 4.79 Å². The van der Waals surface area contributed by atoms with Crippen molar-refractivity contribution in [3.05, 3.63) is 54.1 Å². The van der Waals surface area contributed by atoms with Crippen LogP contribution < -0.4 is 10.6 Å². The summed E-state index contributed by atoms with van der Waals surface area (Å²) in [4.78, 5) is 23.6. The normalized spacial score (nSPS) is 10.2. The summed E-state index contributed by atoms with van der Waals surface area (Å²) in [5.74, 6) is 0.311. The molecular weight excluding hydrogens is 308 g/mol. The van der Waals surface area contributed by atoms with Crippen LogP contribution in [-0.4, -0.2) is 32.4 Å². The molecule has 2 aromatic carbocycles. The predicted molar refractivity (Wildman–Crippen MR) is 88.7 cm³/mol. The molecule has 0 unspecified atom stereocenters. The second-order valence-corrected chi connectivity index (χ2v) is 5.00. The van der Waals surface area contributed by atoms with Gasteiger partial charge in [0.1, 0.15) is 0 Å². The van der Waals surface area contributed by atoms with Crippen molar-refractivity contribution in [2.45, 2.75) is 6.92 Å². The summed E-state index contributed by atoms with van der Waals surface area (Å²) in [7, 11) is 0. The number of H-pyrrole nitrogens is 1. The van der Waals surface area contributed by atoms with Crippen LogP contribution >= 0.6 is 0 Å². The van der Waals surface area contributed by atoms with Crippen LogP contribution in [0.15, 0.2) is 48.5 Å². The second-order valence-electron chi connectivity index (χ2n) is 5.00. The van der Waals surface area contributed by atoms with Crippen LogP contribution in [0.4, 0.5) is 16.2 Å². The fourth-order valence-corrected chi connectivity index (χ4v) is 2.16. The van der Waals surface area contributed by atoms with Crippen LogP contribution in [0.3, 0.4) is 0 Å². The fourth-order valence-electron chi connectivity index (χ4n) is 2.16. The van der Waals surface area contributed by atoms with Gasteiger partial charge in [-0.15, -0.1) is 10.2 Å². The number of ketones is 1. The number of amides is 2. The van der Waals surface area contributed by atoms with E-state index in [0.29, 0.717) is 28.3 Å². The second kappa shape index (κ2) is 6.69. The molecule has 3 rings (SSSR count). The minimum atomic E-state index is -0.438. The third-order valence-electron chi connectivity index (χ3n) is 3.29. The number of Topliss-reactive ketones (excluding diaryl/α,β-unsaturated/α-hetero) is 1. The molecule has 8 heteroatoms. The van der Waals surface area contributed by atoms with Crippen LogP contribution in [0.2, 0.25) is 0 Å². The molecule has 0 aliphatic carbocycles. The minimum absolute atomic E-state index is 0.0680.